The zero-order valence-electron chi connectivity index (χ0n) is 15.8. The minimum atomic E-state index is 0. The van der Waals surface area contributed by atoms with Crippen LogP contribution in [0.15, 0.2) is 54.7 Å². The SMILES string of the molecule is COc1ccc(-n2c(-c3ccccc3OC)c[n+]3c2CCCCC3)cc1.[Br-]. The van der Waals surface area contributed by atoms with E-state index in [4.69, 9.17) is 9.47 Å². The Balaban J connectivity index is 0.00000210. The van der Waals surface area contributed by atoms with Gasteiger partial charge in [-0.25, -0.2) is 4.57 Å². The maximum absolute atomic E-state index is 5.64. The summed E-state index contributed by atoms with van der Waals surface area (Å²) in [5.41, 5.74) is 3.44. The van der Waals surface area contributed by atoms with E-state index in [-0.39, 0.29) is 17.0 Å². The fourth-order valence-electron chi connectivity index (χ4n) is 3.80. The molecule has 2 aromatic carbocycles. The molecule has 4 rings (SSSR count). The van der Waals surface area contributed by atoms with E-state index in [0.717, 1.165) is 35.7 Å². The molecule has 0 spiro atoms. The van der Waals surface area contributed by atoms with Crippen molar-refractivity contribution >= 4 is 0 Å². The molecule has 0 radical (unpaired) electrons. The van der Waals surface area contributed by atoms with Gasteiger partial charge in [-0.05, 0) is 55.7 Å². The van der Waals surface area contributed by atoms with Crippen molar-refractivity contribution in [1.29, 1.82) is 0 Å². The number of benzene rings is 2. The van der Waals surface area contributed by atoms with Crippen molar-refractivity contribution in [3.63, 3.8) is 0 Å². The molecule has 0 N–H and O–H groups in total. The second-order valence-corrected chi connectivity index (χ2v) is 6.67. The summed E-state index contributed by atoms with van der Waals surface area (Å²) in [5.74, 6) is 3.13. The maximum Gasteiger partial charge on any atom is 0.262 e. The van der Waals surface area contributed by atoms with Crippen LogP contribution < -0.4 is 31.0 Å². The van der Waals surface area contributed by atoms with Crippen molar-refractivity contribution in [1.82, 2.24) is 4.57 Å². The maximum atomic E-state index is 5.64. The number of nitrogens with zero attached hydrogens (tertiary/aromatic N) is 2. The number of ether oxygens (including phenoxy) is 2. The second kappa shape index (κ2) is 8.61. The lowest BCUT2D eigenvalue weighted by Gasteiger charge is -2.09. The third-order valence-corrected chi connectivity index (χ3v) is 5.12. The van der Waals surface area contributed by atoms with Crippen molar-refractivity contribution in [2.75, 3.05) is 14.2 Å². The number of aromatic nitrogens is 2. The summed E-state index contributed by atoms with van der Waals surface area (Å²) >= 11 is 0. The van der Waals surface area contributed by atoms with Gasteiger partial charge in [-0.1, -0.05) is 12.1 Å². The van der Waals surface area contributed by atoms with E-state index in [0.29, 0.717) is 0 Å². The quantitative estimate of drug-likeness (QED) is 0.583. The first-order valence-electron chi connectivity index (χ1n) is 9.23. The molecule has 1 aliphatic heterocycles. The molecule has 0 fully saturated rings. The van der Waals surface area contributed by atoms with Crippen LogP contribution in [0.2, 0.25) is 0 Å². The average molecular weight is 429 g/mol. The summed E-state index contributed by atoms with van der Waals surface area (Å²) in [4.78, 5) is 0. The van der Waals surface area contributed by atoms with Crippen LogP contribution in [0.3, 0.4) is 0 Å². The van der Waals surface area contributed by atoms with Crippen LogP contribution in [0.25, 0.3) is 16.9 Å². The number of methoxy groups -OCH3 is 2. The van der Waals surface area contributed by atoms with Gasteiger partial charge in [0, 0.05) is 6.42 Å². The Kier molecular flexibility index (Phi) is 6.22. The highest BCUT2D eigenvalue weighted by Crippen LogP contribution is 2.33. The number of imidazole rings is 1. The third-order valence-electron chi connectivity index (χ3n) is 5.12. The standard InChI is InChI=1S/C22H25N2O2.BrH/c1-25-18-13-11-17(12-14-18)24-20(19-8-5-6-9-21(19)26-2)16-23-15-7-3-4-10-22(23)24;/h5-6,8-9,11-14,16H,3-4,7,10,15H2,1-2H3;1H/q+1;/p-1. The molecule has 1 aromatic heterocycles. The van der Waals surface area contributed by atoms with Gasteiger partial charge in [-0.3, -0.25) is 0 Å². The highest BCUT2D eigenvalue weighted by molar-refractivity contribution is 5.68. The van der Waals surface area contributed by atoms with Crippen LogP contribution in [0.5, 0.6) is 11.5 Å². The summed E-state index contributed by atoms with van der Waals surface area (Å²) in [6, 6.07) is 16.5. The molecule has 2 heterocycles. The van der Waals surface area contributed by atoms with Crippen LogP contribution in [-0.4, -0.2) is 18.8 Å². The van der Waals surface area contributed by atoms with Gasteiger partial charge in [-0.2, -0.15) is 4.57 Å². The first-order valence-corrected chi connectivity index (χ1v) is 9.23. The number of fused-ring (bicyclic) bond motifs is 1. The molecule has 3 aromatic rings. The number of para-hydroxylation sites is 1. The molecule has 0 unspecified atom stereocenters. The first-order chi connectivity index (χ1) is 12.8. The lowest BCUT2D eigenvalue weighted by atomic mass is 10.1. The van der Waals surface area contributed by atoms with Gasteiger partial charge in [0.2, 0.25) is 0 Å². The lowest BCUT2D eigenvalue weighted by Crippen LogP contribution is -3.00. The van der Waals surface area contributed by atoms with E-state index in [1.54, 1.807) is 14.2 Å². The molecule has 0 bridgehead atoms. The lowest BCUT2D eigenvalue weighted by molar-refractivity contribution is -0.702. The Hall–Kier alpha value is -2.27. The van der Waals surface area contributed by atoms with Gasteiger partial charge in [0.25, 0.3) is 5.82 Å². The summed E-state index contributed by atoms with van der Waals surface area (Å²) in [5, 5.41) is 0. The number of hydrogen-bond donors (Lipinski definition) is 0. The van der Waals surface area contributed by atoms with E-state index in [2.05, 4.69) is 39.6 Å². The molecule has 0 saturated carbocycles. The van der Waals surface area contributed by atoms with Crippen LogP contribution >= 0.6 is 0 Å². The summed E-state index contributed by atoms with van der Waals surface area (Å²) in [7, 11) is 3.43. The molecule has 27 heavy (non-hydrogen) atoms. The van der Waals surface area contributed by atoms with Crippen LogP contribution in [-0.2, 0) is 13.0 Å². The normalized spacial score (nSPS) is 13.3. The zero-order chi connectivity index (χ0) is 17.9. The van der Waals surface area contributed by atoms with Gasteiger partial charge in [-0.15, -0.1) is 0 Å². The van der Waals surface area contributed by atoms with Gasteiger partial charge < -0.3 is 26.5 Å². The third kappa shape index (κ3) is 3.74. The van der Waals surface area contributed by atoms with Crippen molar-refractivity contribution in [3.05, 3.63) is 60.6 Å². The van der Waals surface area contributed by atoms with Gasteiger partial charge >= 0.3 is 0 Å². The fourth-order valence-corrected chi connectivity index (χ4v) is 3.80. The topological polar surface area (TPSA) is 27.3 Å². The Morgan fingerprint density at radius 3 is 2.41 bits per heavy atom. The number of hydrogen-bond acceptors (Lipinski definition) is 2. The molecule has 1 aliphatic rings. The number of rotatable bonds is 4. The smallest absolute Gasteiger partial charge is 0.262 e. The predicted octanol–water partition coefficient (Wildman–Crippen LogP) is 1.18. The summed E-state index contributed by atoms with van der Waals surface area (Å²) < 4.78 is 15.8. The van der Waals surface area contributed by atoms with Gasteiger partial charge in [0.05, 0.1) is 26.3 Å². The highest BCUT2D eigenvalue weighted by atomic mass is 79.9. The first kappa shape index (κ1) is 19.5. The zero-order valence-corrected chi connectivity index (χ0v) is 17.4. The molecular weight excluding hydrogens is 404 g/mol. The monoisotopic (exact) mass is 428 g/mol. The molecule has 0 aliphatic carbocycles. The molecule has 5 heteroatoms. The Morgan fingerprint density at radius 1 is 0.889 bits per heavy atom. The average Bonchev–Trinajstić information content (AvgIpc) is 2.90. The summed E-state index contributed by atoms with van der Waals surface area (Å²) in [6.07, 6.45) is 7.11. The molecule has 0 saturated heterocycles. The van der Waals surface area contributed by atoms with E-state index in [1.807, 2.05) is 24.3 Å². The van der Waals surface area contributed by atoms with Crippen LogP contribution in [0, 0.1) is 0 Å². The van der Waals surface area contributed by atoms with Gasteiger partial charge in [0.1, 0.15) is 23.4 Å². The minimum Gasteiger partial charge on any atom is -1.00 e. The van der Waals surface area contributed by atoms with E-state index in [1.165, 1.54) is 30.8 Å². The minimum absolute atomic E-state index is 0. The van der Waals surface area contributed by atoms with Gasteiger partial charge in [0.15, 0.2) is 5.69 Å². The Labute approximate surface area is 171 Å². The van der Waals surface area contributed by atoms with Crippen LogP contribution in [0.4, 0.5) is 0 Å². The highest BCUT2D eigenvalue weighted by Gasteiger charge is 2.28. The van der Waals surface area contributed by atoms with Crippen molar-refractivity contribution in [2.45, 2.75) is 32.2 Å². The Bertz CT molecular complexity index is 903. The van der Waals surface area contributed by atoms with Crippen molar-refractivity contribution < 1.29 is 31.0 Å². The molecule has 0 amide bonds. The largest absolute Gasteiger partial charge is 1.00 e. The van der Waals surface area contributed by atoms with E-state index >= 15 is 0 Å². The molecule has 0 atom stereocenters. The van der Waals surface area contributed by atoms with Crippen LogP contribution in [0.1, 0.15) is 25.1 Å². The fraction of sp³-hybridized carbons (Fsp3) is 0.318. The number of aryl methyl sites for hydroxylation is 1. The number of halogens is 1. The van der Waals surface area contributed by atoms with Crippen molar-refractivity contribution in [3.8, 4) is 28.4 Å². The predicted molar refractivity (Wildman–Crippen MR) is 102 cm³/mol. The molecule has 4 nitrogen and oxygen atoms in total. The Morgan fingerprint density at radius 2 is 1.67 bits per heavy atom. The summed E-state index contributed by atoms with van der Waals surface area (Å²) in [6.45, 7) is 1.07. The molecular formula is C22H25BrN2O2. The second-order valence-electron chi connectivity index (χ2n) is 6.67. The van der Waals surface area contributed by atoms with E-state index in [9.17, 15) is 0 Å². The molecule has 142 valence electrons. The van der Waals surface area contributed by atoms with Crippen molar-refractivity contribution in [2.24, 2.45) is 0 Å². The van der Waals surface area contributed by atoms with E-state index < -0.39 is 0 Å².